The third kappa shape index (κ3) is 2.39. The van der Waals surface area contributed by atoms with E-state index in [1.54, 1.807) is 6.20 Å². The van der Waals surface area contributed by atoms with Gasteiger partial charge in [-0.15, -0.1) is 0 Å². The molecule has 0 radical (unpaired) electrons. The highest BCUT2D eigenvalue weighted by Crippen LogP contribution is 2.25. The highest BCUT2D eigenvalue weighted by atomic mass is 16.3. The minimum absolute atomic E-state index is 0.0305. The van der Waals surface area contributed by atoms with Gasteiger partial charge in [-0.1, -0.05) is 0 Å². The van der Waals surface area contributed by atoms with E-state index in [1.807, 2.05) is 11.1 Å². The van der Waals surface area contributed by atoms with Crippen molar-refractivity contribution in [1.82, 2.24) is 14.5 Å². The Morgan fingerprint density at radius 3 is 3.11 bits per heavy atom. The number of fused-ring (bicyclic) bond motifs is 1. The third-order valence-electron chi connectivity index (χ3n) is 4.42. The summed E-state index contributed by atoms with van der Waals surface area (Å²) in [7, 11) is 0. The second kappa shape index (κ2) is 5.33. The number of imidazole rings is 1. The first-order valence-corrected chi connectivity index (χ1v) is 7.21. The van der Waals surface area contributed by atoms with Crippen LogP contribution in [0, 0.1) is 5.92 Å². The molecule has 1 aromatic rings. The Labute approximate surface area is 113 Å². The van der Waals surface area contributed by atoms with E-state index >= 15 is 0 Å². The maximum Gasteiger partial charge on any atom is 0.226 e. The molecule has 1 saturated heterocycles. The number of aliphatic hydroxyl groups is 1. The summed E-state index contributed by atoms with van der Waals surface area (Å²) in [6.07, 6.45) is 8.52. The highest BCUT2D eigenvalue weighted by Gasteiger charge is 2.33. The number of hydrogen-bond donors (Lipinski definition) is 1. The average molecular weight is 263 g/mol. The lowest BCUT2D eigenvalue weighted by atomic mass is 9.93. The van der Waals surface area contributed by atoms with Gasteiger partial charge >= 0.3 is 0 Å². The van der Waals surface area contributed by atoms with Crippen LogP contribution < -0.4 is 0 Å². The molecule has 5 heteroatoms. The first-order valence-electron chi connectivity index (χ1n) is 7.21. The van der Waals surface area contributed by atoms with Gasteiger partial charge in [-0.05, 0) is 25.7 Å². The van der Waals surface area contributed by atoms with Crippen molar-refractivity contribution in [1.29, 1.82) is 0 Å². The Hall–Kier alpha value is -1.36. The second-order valence-electron chi connectivity index (χ2n) is 5.59. The molecule has 2 aliphatic heterocycles. The van der Waals surface area contributed by atoms with Crippen LogP contribution in [-0.4, -0.2) is 44.7 Å². The van der Waals surface area contributed by atoms with Gasteiger partial charge in [0.05, 0.1) is 12.6 Å². The number of nitrogens with zero attached hydrogens (tertiary/aromatic N) is 3. The minimum Gasteiger partial charge on any atom is -0.394 e. The number of piperidine rings is 1. The van der Waals surface area contributed by atoms with Crippen molar-refractivity contribution in [2.75, 3.05) is 13.2 Å². The lowest BCUT2D eigenvalue weighted by molar-refractivity contribution is -0.141. The van der Waals surface area contributed by atoms with Crippen LogP contribution in [0.4, 0.5) is 0 Å². The van der Waals surface area contributed by atoms with Crippen LogP contribution >= 0.6 is 0 Å². The van der Waals surface area contributed by atoms with Crippen LogP contribution in [0.2, 0.25) is 0 Å². The van der Waals surface area contributed by atoms with Crippen molar-refractivity contribution in [3.8, 4) is 0 Å². The van der Waals surface area contributed by atoms with Crippen LogP contribution in [0.15, 0.2) is 12.4 Å². The van der Waals surface area contributed by atoms with Crippen molar-refractivity contribution >= 4 is 5.91 Å². The van der Waals surface area contributed by atoms with Crippen LogP contribution in [0.5, 0.6) is 0 Å². The van der Waals surface area contributed by atoms with E-state index in [9.17, 15) is 9.90 Å². The zero-order valence-electron chi connectivity index (χ0n) is 11.2. The van der Waals surface area contributed by atoms with E-state index in [1.165, 1.54) is 0 Å². The molecule has 2 atom stereocenters. The lowest BCUT2D eigenvalue weighted by Crippen LogP contribution is -2.49. The number of carbonyl (C=O) groups excluding carboxylic acids is 1. The Bertz CT molecular complexity index is 457. The van der Waals surface area contributed by atoms with E-state index in [2.05, 4.69) is 9.55 Å². The second-order valence-corrected chi connectivity index (χ2v) is 5.59. The number of rotatable bonds is 2. The molecule has 2 aliphatic rings. The molecule has 2 unspecified atom stereocenters. The molecule has 3 heterocycles. The normalized spacial score (nSPS) is 27.1. The lowest BCUT2D eigenvalue weighted by Gasteiger charge is -2.37. The molecule has 0 saturated carbocycles. The fraction of sp³-hybridized carbons (Fsp3) is 0.714. The zero-order chi connectivity index (χ0) is 13.2. The predicted octanol–water partition coefficient (Wildman–Crippen LogP) is 0.819. The average Bonchev–Trinajstić information content (AvgIpc) is 2.93. The third-order valence-corrected chi connectivity index (χ3v) is 4.42. The minimum atomic E-state index is 0.0305. The standard InChI is InChI=1S/C14H21N3O2/c18-10-12-3-1-2-6-17(12)14(19)11-4-7-16-8-5-15-13(16)9-11/h5,8,11-12,18H,1-4,6-7,9-10H2. The summed E-state index contributed by atoms with van der Waals surface area (Å²) in [6.45, 7) is 1.77. The monoisotopic (exact) mass is 263 g/mol. The summed E-state index contributed by atoms with van der Waals surface area (Å²) in [4.78, 5) is 18.9. The van der Waals surface area contributed by atoms with Crippen molar-refractivity contribution in [2.24, 2.45) is 5.92 Å². The Morgan fingerprint density at radius 2 is 2.26 bits per heavy atom. The molecule has 1 N–H and O–H groups in total. The summed E-state index contributed by atoms with van der Waals surface area (Å²) >= 11 is 0. The quantitative estimate of drug-likeness (QED) is 0.859. The van der Waals surface area contributed by atoms with E-state index in [0.717, 1.165) is 51.0 Å². The molecule has 0 bridgehead atoms. The molecule has 0 spiro atoms. The van der Waals surface area contributed by atoms with Crippen LogP contribution in [-0.2, 0) is 17.8 Å². The predicted molar refractivity (Wildman–Crippen MR) is 70.5 cm³/mol. The summed E-state index contributed by atoms with van der Waals surface area (Å²) in [5.41, 5.74) is 0. The van der Waals surface area contributed by atoms with E-state index in [-0.39, 0.29) is 24.5 Å². The maximum atomic E-state index is 12.6. The maximum absolute atomic E-state index is 12.6. The van der Waals surface area contributed by atoms with Crippen molar-refractivity contribution < 1.29 is 9.90 Å². The zero-order valence-corrected chi connectivity index (χ0v) is 11.2. The fourth-order valence-electron chi connectivity index (χ4n) is 3.28. The molecule has 1 fully saturated rings. The molecule has 0 aliphatic carbocycles. The molecular weight excluding hydrogens is 242 g/mol. The van der Waals surface area contributed by atoms with E-state index in [0.29, 0.717) is 0 Å². The van der Waals surface area contributed by atoms with Crippen LogP contribution in [0.3, 0.4) is 0 Å². The van der Waals surface area contributed by atoms with Gasteiger partial charge in [-0.2, -0.15) is 0 Å². The van der Waals surface area contributed by atoms with Crippen molar-refractivity contribution in [2.45, 2.75) is 44.7 Å². The fourth-order valence-corrected chi connectivity index (χ4v) is 3.28. The number of aliphatic hydroxyl groups excluding tert-OH is 1. The number of amides is 1. The summed E-state index contributed by atoms with van der Waals surface area (Å²) in [5, 5.41) is 9.42. The molecule has 19 heavy (non-hydrogen) atoms. The van der Waals surface area contributed by atoms with E-state index < -0.39 is 0 Å². The summed E-state index contributed by atoms with van der Waals surface area (Å²) in [5.74, 6) is 1.28. The molecule has 104 valence electrons. The molecule has 1 amide bonds. The molecule has 3 rings (SSSR count). The van der Waals surface area contributed by atoms with Gasteiger partial charge in [-0.25, -0.2) is 4.98 Å². The summed E-state index contributed by atoms with van der Waals surface area (Å²) < 4.78 is 2.13. The largest absolute Gasteiger partial charge is 0.394 e. The van der Waals surface area contributed by atoms with Gasteiger partial charge in [0, 0.05) is 37.8 Å². The number of hydrogen-bond acceptors (Lipinski definition) is 3. The Morgan fingerprint density at radius 1 is 1.37 bits per heavy atom. The van der Waals surface area contributed by atoms with E-state index in [4.69, 9.17) is 0 Å². The number of likely N-dealkylation sites (tertiary alicyclic amines) is 1. The first-order chi connectivity index (χ1) is 9.29. The molecule has 1 aromatic heterocycles. The highest BCUT2D eigenvalue weighted by molar-refractivity contribution is 5.79. The van der Waals surface area contributed by atoms with Gasteiger partial charge in [0.1, 0.15) is 5.82 Å². The van der Waals surface area contributed by atoms with Crippen LogP contribution in [0.1, 0.15) is 31.5 Å². The van der Waals surface area contributed by atoms with Crippen molar-refractivity contribution in [3.63, 3.8) is 0 Å². The molecule has 5 nitrogen and oxygen atoms in total. The van der Waals surface area contributed by atoms with Gasteiger partial charge in [0.15, 0.2) is 0 Å². The van der Waals surface area contributed by atoms with Gasteiger partial charge < -0.3 is 14.6 Å². The Balaban J connectivity index is 1.70. The van der Waals surface area contributed by atoms with Gasteiger partial charge in [0.25, 0.3) is 0 Å². The topological polar surface area (TPSA) is 58.4 Å². The summed E-state index contributed by atoms with van der Waals surface area (Å²) in [6, 6.07) is 0.0305. The van der Waals surface area contributed by atoms with Crippen molar-refractivity contribution in [3.05, 3.63) is 18.2 Å². The Kier molecular flexibility index (Phi) is 3.55. The SMILES string of the molecule is O=C(C1CCn2ccnc2C1)N1CCCCC1CO. The first kappa shape index (κ1) is 12.7. The molecular formula is C14H21N3O2. The number of carbonyl (C=O) groups is 1. The molecule has 0 aromatic carbocycles. The van der Waals surface area contributed by atoms with Crippen LogP contribution in [0.25, 0.3) is 0 Å². The van der Waals surface area contributed by atoms with Gasteiger partial charge in [0.2, 0.25) is 5.91 Å². The smallest absolute Gasteiger partial charge is 0.226 e. The number of aryl methyl sites for hydroxylation is 1. The number of aromatic nitrogens is 2. The van der Waals surface area contributed by atoms with Gasteiger partial charge in [-0.3, -0.25) is 4.79 Å².